The Kier molecular flexibility index (Phi) is 20.7. The Hall–Kier alpha value is -5.01. The number of thioether (sulfide) groups is 1. The van der Waals surface area contributed by atoms with E-state index in [0.29, 0.717) is 6.42 Å². The van der Waals surface area contributed by atoms with Gasteiger partial charge in [-0.2, -0.15) is 0 Å². The average Bonchev–Trinajstić information content (AvgIpc) is 3.60. The summed E-state index contributed by atoms with van der Waals surface area (Å²) in [6.07, 6.45) is 0.244. The molecule has 0 aromatic rings. The van der Waals surface area contributed by atoms with Crippen LogP contribution in [0.2, 0.25) is 0 Å². The van der Waals surface area contributed by atoms with E-state index in [0.717, 1.165) is 6.92 Å². The minimum absolute atomic E-state index is 0.0565. The van der Waals surface area contributed by atoms with E-state index in [1.54, 1.807) is 34.6 Å². The second kappa shape index (κ2) is 23.7. The lowest BCUT2D eigenvalue weighted by Crippen LogP contribution is -2.61. The number of carbonyl (C=O) groups is 10. The van der Waals surface area contributed by atoms with Crippen LogP contribution in [0.3, 0.4) is 0 Å². The summed E-state index contributed by atoms with van der Waals surface area (Å²) in [5.41, 5.74) is 0. The van der Waals surface area contributed by atoms with Crippen molar-refractivity contribution in [2.24, 2.45) is 11.8 Å². The first kappa shape index (κ1) is 48.0. The number of carboxylic acid groups (broad SMARTS) is 2. The fraction of sp³-hybridized carbons (Fsp3) is 0.657. The summed E-state index contributed by atoms with van der Waals surface area (Å²) >= 11 is 1.28. The van der Waals surface area contributed by atoms with Crippen LogP contribution in [-0.4, -0.2) is 129 Å². The Morgan fingerprint density at radius 2 is 1.27 bits per heavy atom. The Bertz CT molecular complexity index is 1460. The molecule has 7 amide bonds. The first-order valence-electron chi connectivity index (χ1n) is 18.0. The van der Waals surface area contributed by atoms with Crippen molar-refractivity contribution in [2.45, 2.75) is 116 Å². The average molecular weight is 798 g/mol. The van der Waals surface area contributed by atoms with Gasteiger partial charge in [-0.3, -0.25) is 47.9 Å². The Balaban J connectivity index is 3.22. The van der Waals surface area contributed by atoms with Gasteiger partial charge in [0.2, 0.25) is 41.2 Å². The number of carboxylic acids is 2. The molecular weight excluding hydrogens is 742 g/mol. The van der Waals surface area contributed by atoms with Gasteiger partial charge in [0.1, 0.15) is 30.2 Å². The van der Waals surface area contributed by atoms with E-state index >= 15 is 0 Å². The number of rotatable bonds is 24. The standard InChI is InChI=1S/C35H55N7O12S/c1-8-10-21(29(48)34(53)36-15-9-2)38-32(51)24-16-55-17-42(24)35(54)28(19(5)6)41-33(52)27(18(3)4)40-31(50)23(12-14-26(46)47)39-30(49)22(37-20(7)43)11-13-25(44)45/h9,18-19,21-24,27-28H,2,8,10-17H2,1,3-7H3,(H,36,53)(H,37,43)(H,38,51)(H,39,49)(H,40,50)(H,41,52)(H,44,45)(H,46,47). The van der Waals surface area contributed by atoms with Gasteiger partial charge in [-0.05, 0) is 31.1 Å². The molecule has 0 aromatic carbocycles. The highest BCUT2D eigenvalue weighted by Crippen LogP contribution is 2.24. The van der Waals surface area contributed by atoms with Gasteiger partial charge in [-0.25, -0.2) is 0 Å². The maximum atomic E-state index is 14.0. The monoisotopic (exact) mass is 797 g/mol. The number of hydrogen-bond acceptors (Lipinski definition) is 11. The first-order valence-corrected chi connectivity index (χ1v) is 19.1. The van der Waals surface area contributed by atoms with Crippen molar-refractivity contribution < 1.29 is 58.2 Å². The molecule has 1 aliphatic heterocycles. The molecule has 8 N–H and O–H groups in total. The third-order valence-electron chi connectivity index (χ3n) is 8.41. The zero-order valence-corrected chi connectivity index (χ0v) is 32.9. The second-order valence-electron chi connectivity index (χ2n) is 13.7. The number of aliphatic carboxylic acids is 2. The number of nitrogens with one attached hydrogen (secondary N) is 6. The van der Waals surface area contributed by atoms with Crippen LogP contribution in [-0.2, 0) is 47.9 Å². The molecular formula is C35H55N7O12S. The topological polar surface area (TPSA) is 287 Å². The molecule has 0 saturated carbocycles. The van der Waals surface area contributed by atoms with E-state index in [1.165, 1.54) is 22.7 Å². The van der Waals surface area contributed by atoms with Crippen molar-refractivity contribution in [2.75, 3.05) is 18.2 Å². The Morgan fingerprint density at radius 1 is 0.745 bits per heavy atom. The predicted octanol–water partition coefficient (Wildman–Crippen LogP) is -0.955. The smallest absolute Gasteiger partial charge is 0.303 e. The quantitative estimate of drug-likeness (QED) is 0.0432. The summed E-state index contributed by atoms with van der Waals surface area (Å²) in [6.45, 7) is 13.0. The molecule has 20 heteroatoms. The van der Waals surface area contributed by atoms with Crippen LogP contribution in [0.4, 0.5) is 0 Å². The molecule has 0 bridgehead atoms. The molecule has 1 rings (SSSR count). The summed E-state index contributed by atoms with van der Waals surface area (Å²) < 4.78 is 0. The van der Waals surface area contributed by atoms with Gasteiger partial charge in [0.25, 0.3) is 5.91 Å². The number of carbonyl (C=O) groups excluding carboxylic acids is 8. The zero-order valence-electron chi connectivity index (χ0n) is 32.1. The molecule has 0 aliphatic carbocycles. The van der Waals surface area contributed by atoms with Crippen LogP contribution in [0.5, 0.6) is 0 Å². The Morgan fingerprint density at radius 3 is 1.76 bits per heavy atom. The van der Waals surface area contributed by atoms with Gasteiger partial charge in [0, 0.05) is 32.1 Å². The van der Waals surface area contributed by atoms with E-state index in [1.807, 2.05) is 0 Å². The van der Waals surface area contributed by atoms with Crippen molar-refractivity contribution in [3.63, 3.8) is 0 Å². The van der Waals surface area contributed by atoms with Crippen LogP contribution in [0.15, 0.2) is 12.7 Å². The maximum Gasteiger partial charge on any atom is 0.303 e. The van der Waals surface area contributed by atoms with Crippen molar-refractivity contribution in [3.8, 4) is 0 Å². The van der Waals surface area contributed by atoms with Crippen LogP contribution in [0.25, 0.3) is 0 Å². The molecule has 1 aliphatic rings. The molecule has 0 aromatic heterocycles. The van der Waals surface area contributed by atoms with Crippen molar-refractivity contribution >= 4 is 70.8 Å². The number of ketones is 1. The largest absolute Gasteiger partial charge is 0.481 e. The van der Waals surface area contributed by atoms with Gasteiger partial charge < -0.3 is 47.0 Å². The normalized spacial score (nSPS) is 16.4. The summed E-state index contributed by atoms with van der Waals surface area (Å²) in [5, 5.41) is 33.2. The van der Waals surface area contributed by atoms with Gasteiger partial charge in [-0.1, -0.05) is 47.1 Å². The molecule has 1 fully saturated rings. The summed E-state index contributed by atoms with van der Waals surface area (Å²) in [7, 11) is 0. The van der Waals surface area contributed by atoms with Gasteiger partial charge in [-0.15, -0.1) is 18.3 Å². The molecule has 6 unspecified atom stereocenters. The van der Waals surface area contributed by atoms with Crippen LogP contribution < -0.4 is 31.9 Å². The SMILES string of the molecule is C=CCNC(=O)C(=O)C(CCC)NC(=O)C1CSCN1C(=O)C(NC(=O)C(NC(=O)C(CCC(=O)O)NC(=O)C(CCC(=O)O)NC(C)=O)C(C)C)C(C)C. The molecule has 6 atom stereocenters. The molecule has 1 saturated heterocycles. The predicted molar refractivity (Wildman–Crippen MR) is 200 cm³/mol. The highest BCUT2D eigenvalue weighted by atomic mass is 32.2. The van der Waals surface area contributed by atoms with E-state index < -0.39 is 126 Å². The molecule has 19 nitrogen and oxygen atoms in total. The van der Waals surface area contributed by atoms with E-state index in [4.69, 9.17) is 5.11 Å². The third-order valence-corrected chi connectivity index (χ3v) is 9.42. The Labute approximate surface area is 324 Å². The second-order valence-corrected chi connectivity index (χ2v) is 14.7. The fourth-order valence-corrected chi connectivity index (χ4v) is 6.59. The highest BCUT2D eigenvalue weighted by Gasteiger charge is 2.41. The van der Waals surface area contributed by atoms with Crippen LogP contribution in [0, 0.1) is 11.8 Å². The summed E-state index contributed by atoms with van der Waals surface area (Å²) in [5.74, 6) is -9.70. The van der Waals surface area contributed by atoms with Crippen molar-refractivity contribution in [1.29, 1.82) is 0 Å². The highest BCUT2D eigenvalue weighted by molar-refractivity contribution is 7.99. The molecule has 0 spiro atoms. The molecule has 0 radical (unpaired) electrons. The van der Waals surface area contributed by atoms with Gasteiger partial charge in [0.05, 0.1) is 11.9 Å². The number of Topliss-reactive ketones (excluding diaryl/α,β-unsaturated/α-hetero) is 1. The van der Waals surface area contributed by atoms with E-state index in [9.17, 15) is 53.1 Å². The maximum absolute atomic E-state index is 14.0. The molecule has 1 heterocycles. The number of hydrogen-bond donors (Lipinski definition) is 8. The molecule has 55 heavy (non-hydrogen) atoms. The van der Waals surface area contributed by atoms with Gasteiger partial charge in [0.15, 0.2) is 0 Å². The molecule has 308 valence electrons. The summed E-state index contributed by atoms with van der Waals surface area (Å²) in [4.78, 5) is 128. The van der Waals surface area contributed by atoms with E-state index in [-0.39, 0.29) is 31.0 Å². The lowest BCUT2D eigenvalue weighted by molar-refractivity contribution is -0.144. The zero-order chi connectivity index (χ0) is 42.0. The van der Waals surface area contributed by atoms with Crippen molar-refractivity contribution in [3.05, 3.63) is 12.7 Å². The minimum Gasteiger partial charge on any atom is -0.481 e. The fourth-order valence-electron chi connectivity index (χ4n) is 5.43. The third kappa shape index (κ3) is 16.1. The lowest BCUT2D eigenvalue weighted by atomic mass is 9.98. The number of amides is 7. The van der Waals surface area contributed by atoms with Gasteiger partial charge >= 0.3 is 11.9 Å². The summed E-state index contributed by atoms with van der Waals surface area (Å²) in [6, 6.07) is -7.53. The van der Waals surface area contributed by atoms with Crippen LogP contribution in [0.1, 0.15) is 80.1 Å². The van der Waals surface area contributed by atoms with Crippen LogP contribution >= 0.6 is 11.8 Å². The first-order chi connectivity index (χ1) is 25.7. The van der Waals surface area contributed by atoms with E-state index in [2.05, 4.69) is 38.5 Å². The number of nitrogens with zero attached hydrogens (tertiary/aromatic N) is 1. The minimum atomic E-state index is -1.52. The lowest BCUT2D eigenvalue weighted by Gasteiger charge is -2.32. The van der Waals surface area contributed by atoms with Crippen molar-refractivity contribution in [1.82, 2.24) is 36.8 Å².